The van der Waals surface area contributed by atoms with E-state index in [-0.39, 0.29) is 11.8 Å². The lowest BCUT2D eigenvalue weighted by atomic mass is 10.2. The Balaban J connectivity index is 1.39. The summed E-state index contributed by atoms with van der Waals surface area (Å²) in [5, 5.41) is 8.54. The first-order valence-electron chi connectivity index (χ1n) is 7.68. The third-order valence-electron chi connectivity index (χ3n) is 3.65. The van der Waals surface area contributed by atoms with Gasteiger partial charge < -0.3 is 14.4 Å². The summed E-state index contributed by atoms with van der Waals surface area (Å²) in [4.78, 5) is 17.1. The minimum atomic E-state index is -0.384. The zero-order chi connectivity index (χ0) is 17.1. The summed E-state index contributed by atoms with van der Waals surface area (Å²) in [5.41, 5.74) is 2.06. The summed E-state index contributed by atoms with van der Waals surface area (Å²) in [6.07, 6.45) is 3.97. The maximum absolute atomic E-state index is 12.1. The quantitative estimate of drug-likeness (QED) is 0.598. The molecule has 1 aromatic carbocycles. The van der Waals surface area contributed by atoms with Gasteiger partial charge in [-0.25, -0.2) is 0 Å². The molecule has 3 heterocycles. The summed E-state index contributed by atoms with van der Waals surface area (Å²) in [5.74, 6) is 0.00776. The van der Waals surface area contributed by atoms with Crippen LogP contribution in [0.25, 0.3) is 16.4 Å². The smallest absolute Gasteiger partial charge is 0.316 e. The number of carbonyl (C=O) groups is 1. The lowest BCUT2D eigenvalue weighted by Crippen LogP contribution is -2.23. The van der Waals surface area contributed by atoms with Crippen LogP contribution in [0.2, 0.25) is 0 Å². The van der Waals surface area contributed by atoms with Gasteiger partial charge in [-0.15, -0.1) is 11.3 Å². The van der Waals surface area contributed by atoms with Gasteiger partial charge in [0, 0.05) is 24.6 Å². The average Bonchev–Trinajstić information content (AvgIpc) is 3.42. The van der Waals surface area contributed by atoms with Crippen LogP contribution in [0.4, 0.5) is 0 Å². The Kier molecular flexibility index (Phi) is 4.14. The van der Waals surface area contributed by atoms with Crippen LogP contribution < -0.4 is 5.32 Å². The predicted molar refractivity (Wildman–Crippen MR) is 94.6 cm³/mol. The minimum absolute atomic E-state index is 0.0349. The number of benzene rings is 1. The van der Waals surface area contributed by atoms with Crippen LogP contribution in [-0.2, 0) is 6.54 Å². The highest BCUT2D eigenvalue weighted by Crippen LogP contribution is 2.21. The average molecular weight is 350 g/mol. The van der Waals surface area contributed by atoms with Crippen molar-refractivity contribution < 1.29 is 9.32 Å². The molecule has 3 aromatic heterocycles. The van der Waals surface area contributed by atoms with Crippen molar-refractivity contribution in [2.24, 2.45) is 0 Å². The first kappa shape index (κ1) is 15.3. The highest BCUT2D eigenvalue weighted by atomic mass is 32.1. The molecule has 0 saturated heterocycles. The van der Waals surface area contributed by atoms with Gasteiger partial charge in [0.1, 0.15) is 0 Å². The van der Waals surface area contributed by atoms with Crippen LogP contribution >= 0.6 is 11.3 Å². The van der Waals surface area contributed by atoms with Crippen molar-refractivity contribution in [2.75, 3.05) is 0 Å². The fourth-order valence-corrected chi connectivity index (χ4v) is 3.02. The molecule has 25 heavy (non-hydrogen) atoms. The van der Waals surface area contributed by atoms with E-state index in [0.717, 1.165) is 16.1 Å². The summed E-state index contributed by atoms with van der Waals surface area (Å²) in [6, 6.07) is 15.7. The Bertz CT molecular complexity index is 957. The zero-order valence-corrected chi connectivity index (χ0v) is 13.9. The topological polar surface area (TPSA) is 73.0 Å². The molecule has 1 N–H and O–H groups in total. The van der Waals surface area contributed by atoms with Crippen molar-refractivity contribution in [1.29, 1.82) is 0 Å². The molecule has 1 amide bonds. The maximum atomic E-state index is 12.1. The van der Waals surface area contributed by atoms with Crippen LogP contribution in [0.5, 0.6) is 0 Å². The molecule has 0 radical (unpaired) electrons. The molecular formula is C18H14N4O2S. The first-order chi connectivity index (χ1) is 12.3. The van der Waals surface area contributed by atoms with Crippen LogP contribution in [0, 0.1) is 0 Å². The highest BCUT2D eigenvalue weighted by Gasteiger charge is 2.16. The standard InChI is InChI=1S/C18H14N4O2S/c23-17(18-20-16(21-24-18)15-4-3-11-25-15)19-12-13-5-7-14(8-6-13)22-9-1-2-10-22/h1-11H,12H2,(H,19,23). The molecule has 124 valence electrons. The second kappa shape index (κ2) is 6.74. The Hall–Kier alpha value is -3.19. The first-order valence-corrected chi connectivity index (χ1v) is 8.55. The van der Waals surface area contributed by atoms with Gasteiger partial charge in [-0.2, -0.15) is 4.98 Å². The number of nitrogens with zero attached hydrogens (tertiary/aromatic N) is 3. The van der Waals surface area contributed by atoms with Crippen molar-refractivity contribution in [1.82, 2.24) is 20.0 Å². The van der Waals surface area contributed by atoms with Gasteiger partial charge in [0.2, 0.25) is 5.82 Å². The molecule has 0 aliphatic carbocycles. The molecule has 6 nitrogen and oxygen atoms in total. The molecule has 0 aliphatic heterocycles. The Labute approximate surface area is 147 Å². The molecule has 4 rings (SSSR count). The van der Waals surface area contributed by atoms with Crippen LogP contribution in [0.1, 0.15) is 16.2 Å². The van der Waals surface area contributed by atoms with Gasteiger partial charge in [0.15, 0.2) is 0 Å². The van der Waals surface area contributed by atoms with E-state index < -0.39 is 0 Å². The van der Waals surface area contributed by atoms with E-state index in [2.05, 4.69) is 15.5 Å². The molecule has 0 fully saturated rings. The minimum Gasteiger partial charge on any atom is -0.344 e. The normalized spacial score (nSPS) is 10.7. The van der Waals surface area contributed by atoms with Crippen molar-refractivity contribution >= 4 is 17.2 Å². The summed E-state index contributed by atoms with van der Waals surface area (Å²) in [7, 11) is 0. The van der Waals surface area contributed by atoms with Crippen LogP contribution in [0.3, 0.4) is 0 Å². The Morgan fingerprint density at radius 2 is 1.92 bits per heavy atom. The molecule has 0 bridgehead atoms. The number of rotatable bonds is 5. The number of nitrogens with one attached hydrogen (secondary N) is 1. The van der Waals surface area contributed by atoms with E-state index in [4.69, 9.17) is 4.52 Å². The van der Waals surface area contributed by atoms with Gasteiger partial charge >= 0.3 is 11.8 Å². The van der Waals surface area contributed by atoms with Gasteiger partial charge in [-0.3, -0.25) is 4.79 Å². The van der Waals surface area contributed by atoms with Crippen LogP contribution in [0.15, 0.2) is 70.8 Å². The van der Waals surface area contributed by atoms with Gasteiger partial charge in [0.05, 0.1) is 4.88 Å². The summed E-state index contributed by atoms with van der Waals surface area (Å²) >= 11 is 1.49. The van der Waals surface area contributed by atoms with Crippen molar-refractivity contribution in [3.05, 3.63) is 77.8 Å². The zero-order valence-electron chi connectivity index (χ0n) is 13.1. The molecule has 4 aromatic rings. The number of amides is 1. The van der Waals surface area contributed by atoms with Crippen LogP contribution in [-0.4, -0.2) is 20.6 Å². The van der Waals surface area contributed by atoms with E-state index in [9.17, 15) is 4.79 Å². The summed E-state index contributed by atoms with van der Waals surface area (Å²) in [6.45, 7) is 0.390. The van der Waals surface area contributed by atoms with E-state index >= 15 is 0 Å². The van der Waals surface area contributed by atoms with Gasteiger partial charge in [0.25, 0.3) is 0 Å². The number of hydrogen-bond donors (Lipinski definition) is 1. The number of thiophene rings is 1. The van der Waals surface area contributed by atoms with Gasteiger partial charge in [-0.1, -0.05) is 23.4 Å². The Morgan fingerprint density at radius 1 is 1.12 bits per heavy atom. The number of carbonyl (C=O) groups excluding carboxylic acids is 1. The van der Waals surface area contributed by atoms with E-state index in [1.54, 1.807) is 0 Å². The van der Waals surface area contributed by atoms with E-state index in [1.807, 2.05) is 70.9 Å². The molecular weight excluding hydrogens is 336 g/mol. The highest BCUT2D eigenvalue weighted by molar-refractivity contribution is 7.13. The second-order valence-corrected chi connectivity index (χ2v) is 6.29. The van der Waals surface area contributed by atoms with Crippen molar-refractivity contribution in [3.8, 4) is 16.4 Å². The molecule has 0 saturated carbocycles. The SMILES string of the molecule is O=C(NCc1ccc(-n2cccc2)cc1)c1nc(-c2cccs2)no1. The lowest BCUT2D eigenvalue weighted by molar-refractivity contribution is 0.0907. The second-order valence-electron chi connectivity index (χ2n) is 5.34. The molecule has 0 unspecified atom stereocenters. The number of aromatic nitrogens is 3. The fourth-order valence-electron chi connectivity index (χ4n) is 2.37. The predicted octanol–water partition coefficient (Wildman–Crippen LogP) is 3.52. The monoisotopic (exact) mass is 350 g/mol. The number of hydrogen-bond acceptors (Lipinski definition) is 5. The maximum Gasteiger partial charge on any atom is 0.316 e. The third kappa shape index (κ3) is 3.36. The molecule has 0 atom stereocenters. The summed E-state index contributed by atoms with van der Waals surface area (Å²) < 4.78 is 7.06. The molecule has 0 spiro atoms. The van der Waals surface area contributed by atoms with Crippen molar-refractivity contribution in [2.45, 2.75) is 6.54 Å². The van der Waals surface area contributed by atoms with Crippen molar-refractivity contribution in [3.63, 3.8) is 0 Å². The van der Waals surface area contributed by atoms with E-state index in [1.165, 1.54) is 11.3 Å². The fraction of sp³-hybridized carbons (Fsp3) is 0.0556. The molecule has 7 heteroatoms. The van der Waals surface area contributed by atoms with Gasteiger partial charge in [-0.05, 0) is 41.3 Å². The lowest BCUT2D eigenvalue weighted by Gasteiger charge is -2.06. The largest absolute Gasteiger partial charge is 0.344 e. The third-order valence-corrected chi connectivity index (χ3v) is 4.52. The van der Waals surface area contributed by atoms with E-state index in [0.29, 0.717) is 12.4 Å². The molecule has 0 aliphatic rings. The Morgan fingerprint density at radius 3 is 2.64 bits per heavy atom.